The first-order chi connectivity index (χ1) is 5.46. The van der Waals surface area contributed by atoms with E-state index in [1.807, 2.05) is 0 Å². The molecule has 3 rings (SSSR count). The molecule has 0 radical (unpaired) electrons. The average Bonchev–Trinajstić information content (AvgIpc) is 1.98. The third-order valence-corrected chi connectivity index (χ3v) is 5.85. The van der Waals surface area contributed by atoms with E-state index >= 15 is 0 Å². The predicted octanol–water partition coefficient (Wildman–Crippen LogP) is 2.76. The van der Waals surface area contributed by atoms with Gasteiger partial charge in [-0.1, -0.05) is 45.7 Å². The Morgan fingerprint density at radius 3 is 2.00 bits per heavy atom. The third kappa shape index (κ3) is 0.926. The summed E-state index contributed by atoms with van der Waals surface area (Å²) in [7, 11) is 0. The van der Waals surface area contributed by atoms with Crippen LogP contribution in [0, 0.1) is 17.3 Å². The Morgan fingerprint density at radius 2 is 1.67 bits per heavy atom. The first kappa shape index (κ1) is 9.20. The number of hydrogen-bond donors (Lipinski definition) is 0. The summed E-state index contributed by atoms with van der Waals surface area (Å²) >= 11 is 6.99. The van der Waals surface area contributed by atoms with Crippen molar-refractivity contribution in [3.63, 3.8) is 0 Å². The van der Waals surface area contributed by atoms with Crippen molar-refractivity contribution >= 4 is 37.6 Å². The van der Waals surface area contributed by atoms with Crippen LogP contribution < -0.4 is 0 Å². The van der Waals surface area contributed by atoms with Crippen molar-refractivity contribution in [2.75, 3.05) is 0 Å². The minimum absolute atomic E-state index is 0.0851. The molecule has 0 spiro atoms. The van der Waals surface area contributed by atoms with Crippen LogP contribution >= 0.6 is 31.9 Å². The van der Waals surface area contributed by atoms with Crippen LogP contribution in [0.5, 0.6) is 0 Å². The highest BCUT2D eigenvalue weighted by Gasteiger charge is 2.61. The van der Waals surface area contributed by atoms with Crippen LogP contribution in [0.2, 0.25) is 0 Å². The van der Waals surface area contributed by atoms with E-state index in [1.165, 1.54) is 6.42 Å². The number of ketones is 1. The van der Waals surface area contributed by atoms with Crippen LogP contribution in [0.4, 0.5) is 0 Å². The Bertz CT molecular complexity index is 217. The van der Waals surface area contributed by atoms with Crippen molar-refractivity contribution in [3.05, 3.63) is 0 Å². The van der Waals surface area contributed by atoms with E-state index < -0.39 is 0 Å². The summed E-state index contributed by atoms with van der Waals surface area (Å²) in [5, 5.41) is 0. The van der Waals surface area contributed by atoms with Gasteiger partial charge in [0.2, 0.25) is 0 Å². The summed E-state index contributed by atoms with van der Waals surface area (Å²) in [4.78, 5) is 11.7. The summed E-state index contributed by atoms with van der Waals surface area (Å²) in [5.74, 6) is 1.46. The monoisotopic (exact) mass is 294 g/mol. The molecule has 3 aliphatic rings. The smallest absolute Gasteiger partial charge is 0.160 e. The molecule has 68 valence electrons. The van der Waals surface area contributed by atoms with E-state index in [0.29, 0.717) is 23.0 Å². The van der Waals surface area contributed by atoms with Gasteiger partial charge >= 0.3 is 0 Å². The minimum Gasteiger partial charge on any atom is -0.297 e. The zero-order valence-corrected chi connectivity index (χ0v) is 10.4. The number of fused-ring (bicyclic) bond motifs is 2. The van der Waals surface area contributed by atoms with Crippen LogP contribution in [0.25, 0.3) is 0 Å². The maximum absolute atomic E-state index is 11.6. The SMILES string of the molecule is CC1(C)[C@@H]2C[C@H]1[C@@H](Br)C(=O)[C@H]2Br. The van der Waals surface area contributed by atoms with E-state index in [0.717, 1.165) is 0 Å². The first-order valence-corrected chi connectivity index (χ1v) is 6.11. The van der Waals surface area contributed by atoms with Gasteiger partial charge in [-0.2, -0.15) is 0 Å². The van der Waals surface area contributed by atoms with Gasteiger partial charge in [-0.05, 0) is 23.7 Å². The van der Waals surface area contributed by atoms with E-state index in [-0.39, 0.29) is 9.65 Å². The fourth-order valence-electron chi connectivity index (χ4n) is 2.54. The fourth-order valence-corrected chi connectivity index (χ4v) is 5.26. The zero-order chi connectivity index (χ0) is 9.09. The van der Waals surface area contributed by atoms with E-state index in [9.17, 15) is 4.79 Å². The number of Topliss-reactive ketones (excluding diaryl/α,β-unsaturated/α-hetero) is 1. The van der Waals surface area contributed by atoms with Gasteiger partial charge in [0, 0.05) is 0 Å². The van der Waals surface area contributed by atoms with Gasteiger partial charge in [-0.25, -0.2) is 0 Å². The molecular weight excluding hydrogens is 284 g/mol. The van der Waals surface area contributed by atoms with Gasteiger partial charge in [0.25, 0.3) is 0 Å². The average molecular weight is 296 g/mol. The van der Waals surface area contributed by atoms with Gasteiger partial charge < -0.3 is 0 Å². The zero-order valence-electron chi connectivity index (χ0n) is 7.18. The molecule has 2 bridgehead atoms. The number of alkyl halides is 2. The summed E-state index contributed by atoms with van der Waals surface area (Å²) < 4.78 is 0. The summed E-state index contributed by atoms with van der Waals surface area (Å²) in [6.45, 7) is 4.53. The van der Waals surface area contributed by atoms with Gasteiger partial charge in [-0.15, -0.1) is 0 Å². The lowest BCUT2D eigenvalue weighted by molar-refractivity contribution is -0.136. The third-order valence-electron chi connectivity index (χ3n) is 3.67. The lowest BCUT2D eigenvalue weighted by Crippen LogP contribution is -2.62. The lowest BCUT2D eigenvalue weighted by Gasteiger charge is -2.59. The molecule has 3 aliphatic carbocycles. The summed E-state index contributed by atoms with van der Waals surface area (Å²) in [6, 6.07) is 0. The highest BCUT2D eigenvalue weighted by atomic mass is 79.9. The Hall–Kier alpha value is 0.630. The Morgan fingerprint density at radius 1 is 1.25 bits per heavy atom. The fraction of sp³-hybridized carbons (Fsp3) is 0.889. The molecule has 1 nitrogen and oxygen atoms in total. The van der Waals surface area contributed by atoms with Crippen LogP contribution in [0.1, 0.15) is 20.3 Å². The molecule has 0 aromatic heterocycles. The number of carbonyl (C=O) groups is 1. The highest BCUT2D eigenvalue weighted by molar-refractivity contribution is 9.10. The molecule has 0 N–H and O–H groups in total. The summed E-state index contributed by atoms with van der Waals surface area (Å²) in [6.07, 6.45) is 1.20. The second kappa shape index (κ2) is 2.57. The van der Waals surface area contributed by atoms with Gasteiger partial charge in [0.05, 0.1) is 9.65 Å². The first-order valence-electron chi connectivity index (χ1n) is 4.28. The molecular formula is C9H12Br2O. The van der Waals surface area contributed by atoms with Crippen LogP contribution in [0.15, 0.2) is 0 Å². The minimum atomic E-state index is 0.0851. The van der Waals surface area contributed by atoms with E-state index in [2.05, 4.69) is 45.7 Å². The normalized spacial score (nSPS) is 50.2. The van der Waals surface area contributed by atoms with Crippen LogP contribution in [0.3, 0.4) is 0 Å². The molecule has 3 heteroatoms. The molecule has 4 atom stereocenters. The van der Waals surface area contributed by atoms with Crippen LogP contribution in [-0.4, -0.2) is 15.4 Å². The highest BCUT2D eigenvalue weighted by Crippen LogP contribution is 2.61. The second-order valence-corrected chi connectivity index (χ2v) is 6.45. The molecule has 0 amide bonds. The molecule has 0 unspecified atom stereocenters. The Balaban J connectivity index is 2.30. The van der Waals surface area contributed by atoms with Gasteiger partial charge in [-0.3, -0.25) is 4.79 Å². The number of hydrogen-bond acceptors (Lipinski definition) is 1. The van der Waals surface area contributed by atoms with Crippen molar-refractivity contribution < 1.29 is 4.79 Å². The number of carbonyl (C=O) groups excluding carboxylic acids is 1. The maximum Gasteiger partial charge on any atom is 0.160 e. The summed E-state index contributed by atoms with van der Waals surface area (Å²) in [5.41, 5.74) is 0.343. The van der Waals surface area contributed by atoms with Crippen molar-refractivity contribution in [2.45, 2.75) is 29.9 Å². The van der Waals surface area contributed by atoms with Crippen molar-refractivity contribution in [2.24, 2.45) is 17.3 Å². The quantitative estimate of drug-likeness (QED) is 0.628. The molecule has 0 aliphatic heterocycles. The van der Waals surface area contributed by atoms with Gasteiger partial charge in [0.1, 0.15) is 0 Å². The molecule has 0 aromatic rings. The second-order valence-electron chi connectivity index (χ2n) is 4.48. The van der Waals surface area contributed by atoms with Crippen LogP contribution in [-0.2, 0) is 4.79 Å². The molecule has 12 heavy (non-hydrogen) atoms. The number of halogens is 2. The standard InChI is InChI=1S/C9H12Br2O/c1-9(2)4-3-5(9)7(11)8(12)6(4)10/h4-7H,3H2,1-2H3/t4-,5+,6+,7-. The molecule has 3 saturated carbocycles. The maximum atomic E-state index is 11.6. The predicted molar refractivity (Wildman–Crippen MR) is 55.8 cm³/mol. The molecule has 0 saturated heterocycles. The van der Waals surface area contributed by atoms with Crippen molar-refractivity contribution in [1.29, 1.82) is 0 Å². The largest absolute Gasteiger partial charge is 0.297 e. The van der Waals surface area contributed by atoms with Crippen molar-refractivity contribution in [3.8, 4) is 0 Å². The number of rotatable bonds is 0. The molecule has 0 aromatic carbocycles. The van der Waals surface area contributed by atoms with Crippen molar-refractivity contribution in [1.82, 2.24) is 0 Å². The van der Waals surface area contributed by atoms with Gasteiger partial charge in [0.15, 0.2) is 5.78 Å². The Labute approximate surface area is 89.5 Å². The Kier molecular flexibility index (Phi) is 1.97. The van der Waals surface area contributed by atoms with E-state index in [4.69, 9.17) is 0 Å². The molecule has 3 fully saturated rings. The molecule has 0 heterocycles. The van der Waals surface area contributed by atoms with E-state index in [1.54, 1.807) is 0 Å². The lowest BCUT2D eigenvalue weighted by atomic mass is 9.48. The topological polar surface area (TPSA) is 17.1 Å².